The molecule has 0 radical (unpaired) electrons. The highest BCUT2D eigenvalue weighted by Gasteiger charge is 2.44. The maximum Gasteiger partial charge on any atom is 0.189 e. The summed E-state index contributed by atoms with van der Waals surface area (Å²) in [5.74, 6) is 1.42. The Balaban J connectivity index is 0.00000196. The molecule has 0 amide bonds. The van der Waals surface area contributed by atoms with Crippen molar-refractivity contribution in [3.63, 3.8) is 0 Å². The van der Waals surface area contributed by atoms with Crippen LogP contribution in [0.15, 0.2) is 53.5 Å². The summed E-state index contributed by atoms with van der Waals surface area (Å²) in [6, 6.07) is 16.3. The molecule has 138 valence electrons. The summed E-state index contributed by atoms with van der Waals surface area (Å²) in [5, 5.41) is 4.14. The molecule has 26 heavy (non-hydrogen) atoms. The van der Waals surface area contributed by atoms with Crippen molar-refractivity contribution < 1.29 is 4.74 Å². The van der Waals surface area contributed by atoms with Crippen LogP contribution < -0.4 is 15.8 Å². The lowest BCUT2D eigenvalue weighted by atomic mass is 9.96. The van der Waals surface area contributed by atoms with Crippen molar-refractivity contribution in [1.29, 1.82) is 0 Å². The van der Waals surface area contributed by atoms with E-state index in [-0.39, 0.29) is 35.4 Å². The molecule has 2 aromatic rings. The largest absolute Gasteiger partial charge is 0.493 e. The molecule has 0 aromatic heterocycles. The zero-order valence-corrected chi connectivity index (χ0v) is 17.5. The lowest BCUT2D eigenvalue weighted by Gasteiger charge is -2.27. The Morgan fingerprint density at radius 1 is 1.23 bits per heavy atom. The van der Waals surface area contributed by atoms with E-state index in [1.807, 2.05) is 36.4 Å². The van der Waals surface area contributed by atoms with Gasteiger partial charge in [0.05, 0.1) is 19.2 Å². The van der Waals surface area contributed by atoms with Gasteiger partial charge in [-0.05, 0) is 36.6 Å². The number of para-hydroxylation sites is 1. The Morgan fingerprint density at radius 2 is 2.04 bits per heavy atom. The molecule has 1 aliphatic heterocycles. The van der Waals surface area contributed by atoms with Crippen LogP contribution in [-0.4, -0.2) is 19.1 Å². The highest BCUT2D eigenvalue weighted by molar-refractivity contribution is 14.0. The van der Waals surface area contributed by atoms with Gasteiger partial charge in [0.2, 0.25) is 0 Å². The Hall–Kier alpha value is -1.47. The van der Waals surface area contributed by atoms with E-state index in [4.69, 9.17) is 22.1 Å². The SMILES string of the molecule is I.NC(=NCC1(c2cccc(Cl)c2)CC1)NC1CCOc2ccccc21. The summed E-state index contributed by atoms with van der Waals surface area (Å²) in [4.78, 5) is 4.63. The molecule has 0 spiro atoms. The molecule has 1 atom stereocenters. The monoisotopic (exact) mass is 483 g/mol. The Labute approximate surface area is 176 Å². The predicted molar refractivity (Wildman–Crippen MR) is 117 cm³/mol. The van der Waals surface area contributed by atoms with Crippen LogP contribution in [0.3, 0.4) is 0 Å². The summed E-state index contributed by atoms with van der Waals surface area (Å²) < 4.78 is 5.70. The second-order valence-corrected chi connectivity index (χ2v) is 7.30. The first kappa shape index (κ1) is 19.3. The standard InChI is InChI=1S/C20H22ClN3O.HI/c21-15-5-3-4-14(12-15)20(9-10-20)13-23-19(22)24-17-8-11-25-18-7-2-1-6-16(17)18;/h1-7,12,17H,8-11,13H2,(H3,22,23,24);1H. The normalized spacial score (nSPS) is 20.3. The van der Waals surface area contributed by atoms with Crippen LogP contribution in [0.1, 0.15) is 36.4 Å². The molecule has 1 unspecified atom stereocenters. The van der Waals surface area contributed by atoms with E-state index in [0.29, 0.717) is 19.1 Å². The van der Waals surface area contributed by atoms with Gasteiger partial charge in [-0.2, -0.15) is 0 Å². The Bertz CT molecular complexity index is 807. The Kier molecular flexibility index (Phi) is 5.97. The van der Waals surface area contributed by atoms with Crippen LogP contribution >= 0.6 is 35.6 Å². The molecule has 0 saturated heterocycles. The number of ether oxygens (including phenoxy) is 1. The van der Waals surface area contributed by atoms with Crippen molar-refractivity contribution in [3.8, 4) is 5.75 Å². The second-order valence-electron chi connectivity index (χ2n) is 6.86. The van der Waals surface area contributed by atoms with Crippen LogP contribution in [0.2, 0.25) is 5.02 Å². The molecular weight excluding hydrogens is 461 g/mol. The van der Waals surface area contributed by atoms with Crippen LogP contribution in [0, 0.1) is 0 Å². The van der Waals surface area contributed by atoms with E-state index in [1.54, 1.807) is 0 Å². The van der Waals surface area contributed by atoms with E-state index in [9.17, 15) is 0 Å². The van der Waals surface area contributed by atoms with Crippen molar-refractivity contribution in [3.05, 3.63) is 64.7 Å². The number of rotatable bonds is 4. The maximum absolute atomic E-state index is 6.18. The van der Waals surface area contributed by atoms with E-state index in [2.05, 4.69) is 22.4 Å². The quantitative estimate of drug-likeness (QED) is 0.385. The lowest BCUT2D eigenvalue weighted by Crippen LogP contribution is -2.37. The number of halogens is 2. The third-order valence-electron chi connectivity index (χ3n) is 5.12. The predicted octanol–water partition coefficient (Wildman–Crippen LogP) is 4.42. The molecule has 1 fully saturated rings. The molecule has 4 nitrogen and oxygen atoms in total. The first-order valence-electron chi connectivity index (χ1n) is 8.71. The fourth-order valence-corrected chi connectivity index (χ4v) is 3.65. The van der Waals surface area contributed by atoms with Crippen LogP contribution in [-0.2, 0) is 5.41 Å². The third-order valence-corrected chi connectivity index (χ3v) is 5.36. The Morgan fingerprint density at radius 3 is 2.81 bits per heavy atom. The maximum atomic E-state index is 6.18. The molecule has 0 bridgehead atoms. The molecule has 4 rings (SSSR count). The van der Waals surface area contributed by atoms with Gasteiger partial charge in [0.1, 0.15) is 5.75 Å². The number of benzene rings is 2. The van der Waals surface area contributed by atoms with Crippen molar-refractivity contribution >= 4 is 41.5 Å². The molecular formula is C20H23ClIN3O. The third kappa shape index (κ3) is 4.09. The van der Waals surface area contributed by atoms with E-state index in [1.165, 1.54) is 5.56 Å². The highest BCUT2D eigenvalue weighted by Crippen LogP contribution is 2.48. The van der Waals surface area contributed by atoms with Gasteiger partial charge < -0.3 is 15.8 Å². The van der Waals surface area contributed by atoms with Gasteiger partial charge in [-0.25, -0.2) is 0 Å². The fraction of sp³-hybridized carbons (Fsp3) is 0.350. The minimum atomic E-state index is 0. The molecule has 1 heterocycles. The number of nitrogens with two attached hydrogens (primary N) is 1. The van der Waals surface area contributed by atoms with Crippen molar-refractivity contribution in [2.75, 3.05) is 13.2 Å². The average Bonchev–Trinajstić information content (AvgIpc) is 3.42. The number of nitrogens with zero attached hydrogens (tertiary/aromatic N) is 1. The highest BCUT2D eigenvalue weighted by atomic mass is 127. The molecule has 6 heteroatoms. The molecule has 1 aliphatic carbocycles. The first-order chi connectivity index (χ1) is 12.2. The minimum Gasteiger partial charge on any atom is -0.493 e. The van der Waals surface area contributed by atoms with Gasteiger partial charge in [0.15, 0.2) is 5.96 Å². The van der Waals surface area contributed by atoms with Crippen LogP contribution in [0.4, 0.5) is 0 Å². The van der Waals surface area contributed by atoms with E-state index >= 15 is 0 Å². The number of nitrogens with one attached hydrogen (secondary N) is 1. The zero-order chi connectivity index (χ0) is 17.3. The molecule has 1 saturated carbocycles. The lowest BCUT2D eigenvalue weighted by molar-refractivity contribution is 0.262. The van der Waals surface area contributed by atoms with Gasteiger partial charge in [-0.3, -0.25) is 4.99 Å². The van der Waals surface area contributed by atoms with Gasteiger partial charge in [0, 0.05) is 22.4 Å². The van der Waals surface area contributed by atoms with E-state index in [0.717, 1.165) is 35.6 Å². The first-order valence-corrected chi connectivity index (χ1v) is 9.08. The zero-order valence-electron chi connectivity index (χ0n) is 14.5. The summed E-state index contributed by atoms with van der Waals surface area (Å²) >= 11 is 6.13. The van der Waals surface area contributed by atoms with Crippen LogP contribution in [0.5, 0.6) is 5.75 Å². The minimum absolute atomic E-state index is 0. The van der Waals surface area contributed by atoms with Crippen molar-refractivity contribution in [1.82, 2.24) is 5.32 Å². The summed E-state index contributed by atoms with van der Waals surface area (Å²) in [5.41, 5.74) is 8.68. The second kappa shape index (κ2) is 8.05. The van der Waals surface area contributed by atoms with Crippen molar-refractivity contribution in [2.45, 2.75) is 30.7 Å². The number of aliphatic imine (C=N–C) groups is 1. The average molecular weight is 484 g/mol. The van der Waals surface area contributed by atoms with Crippen LogP contribution in [0.25, 0.3) is 0 Å². The topological polar surface area (TPSA) is 59.6 Å². The number of guanidine groups is 1. The van der Waals surface area contributed by atoms with Gasteiger partial charge in [-0.1, -0.05) is 41.9 Å². The summed E-state index contributed by atoms with van der Waals surface area (Å²) in [7, 11) is 0. The summed E-state index contributed by atoms with van der Waals surface area (Å²) in [6.45, 7) is 1.38. The number of hydrogen-bond donors (Lipinski definition) is 2. The number of fused-ring (bicyclic) bond motifs is 1. The van der Waals surface area contributed by atoms with Gasteiger partial charge in [-0.15, -0.1) is 24.0 Å². The fourth-order valence-electron chi connectivity index (χ4n) is 3.46. The smallest absolute Gasteiger partial charge is 0.189 e. The molecule has 3 N–H and O–H groups in total. The molecule has 2 aromatic carbocycles. The summed E-state index contributed by atoms with van der Waals surface area (Å²) in [6.07, 6.45) is 3.14. The molecule has 2 aliphatic rings. The van der Waals surface area contributed by atoms with E-state index < -0.39 is 0 Å². The van der Waals surface area contributed by atoms with Crippen molar-refractivity contribution in [2.24, 2.45) is 10.7 Å². The van der Waals surface area contributed by atoms with Gasteiger partial charge in [0.25, 0.3) is 0 Å². The number of hydrogen-bond acceptors (Lipinski definition) is 2. The van der Waals surface area contributed by atoms with Gasteiger partial charge >= 0.3 is 0 Å².